The third-order valence-corrected chi connectivity index (χ3v) is 1.99. The summed E-state index contributed by atoms with van der Waals surface area (Å²) in [5.41, 5.74) is 1.05. The van der Waals surface area contributed by atoms with Crippen molar-refractivity contribution in [2.45, 2.75) is 6.92 Å². The first-order chi connectivity index (χ1) is 5.20. The molecule has 0 aliphatic rings. The van der Waals surface area contributed by atoms with Gasteiger partial charge in [-0.15, -0.1) is 0 Å². The zero-order valence-corrected chi connectivity index (χ0v) is 8.02. The van der Waals surface area contributed by atoms with Crippen LogP contribution in [0.25, 0.3) is 0 Å². The number of aliphatic hydroxyl groups is 1. The van der Waals surface area contributed by atoms with Crippen LogP contribution >= 0.6 is 15.9 Å². The van der Waals surface area contributed by atoms with Gasteiger partial charge in [0.05, 0.1) is 0 Å². The normalized spacial score (nSPS) is 8.45. The minimum Gasteiger partial charge on any atom is -0.400 e. The molecule has 0 aliphatic heterocycles. The van der Waals surface area contributed by atoms with E-state index in [0.29, 0.717) is 0 Å². The van der Waals surface area contributed by atoms with E-state index in [1.165, 1.54) is 12.1 Å². The second-order valence-electron chi connectivity index (χ2n) is 1.89. The van der Waals surface area contributed by atoms with Crippen LogP contribution in [-0.2, 0) is 0 Å². The molecule has 0 heterocycles. The van der Waals surface area contributed by atoms with E-state index in [2.05, 4.69) is 15.9 Å². The largest absolute Gasteiger partial charge is 0.400 e. The molecule has 0 aliphatic carbocycles. The molecule has 0 bridgehead atoms. The summed E-state index contributed by atoms with van der Waals surface area (Å²) in [5, 5.41) is 7.00. The van der Waals surface area contributed by atoms with Crippen molar-refractivity contribution in [1.29, 1.82) is 0 Å². The smallest absolute Gasteiger partial charge is 0.124 e. The second kappa shape index (κ2) is 5.27. The Morgan fingerprint density at radius 1 is 1.36 bits per heavy atom. The van der Waals surface area contributed by atoms with E-state index in [1.54, 1.807) is 6.07 Å². The van der Waals surface area contributed by atoms with Crippen LogP contribution in [0.1, 0.15) is 5.56 Å². The van der Waals surface area contributed by atoms with Crippen LogP contribution in [0.5, 0.6) is 0 Å². The number of rotatable bonds is 0. The molecule has 0 fully saturated rings. The summed E-state index contributed by atoms with van der Waals surface area (Å²) >= 11 is 3.21. The molecule has 1 N–H and O–H groups in total. The number of benzene rings is 1. The van der Waals surface area contributed by atoms with Crippen LogP contribution in [0.3, 0.4) is 0 Å². The first kappa shape index (κ1) is 10.6. The van der Waals surface area contributed by atoms with Crippen molar-refractivity contribution in [3.63, 3.8) is 0 Å². The van der Waals surface area contributed by atoms with Crippen LogP contribution < -0.4 is 0 Å². The zero-order valence-electron chi connectivity index (χ0n) is 6.44. The fraction of sp³-hybridized carbons (Fsp3) is 0.250. The number of aryl methyl sites for hydroxylation is 1. The molecule has 3 heteroatoms. The Balaban J connectivity index is 0.000000461. The van der Waals surface area contributed by atoms with Crippen molar-refractivity contribution < 1.29 is 9.50 Å². The first-order valence-corrected chi connectivity index (χ1v) is 3.86. The van der Waals surface area contributed by atoms with Crippen molar-refractivity contribution in [3.8, 4) is 0 Å². The zero-order chi connectivity index (χ0) is 8.85. The Hall–Kier alpha value is -0.410. The lowest BCUT2D eigenvalue weighted by atomic mass is 10.2. The number of halogens is 2. The molecule has 0 amide bonds. The van der Waals surface area contributed by atoms with Gasteiger partial charge in [-0.1, -0.05) is 22.0 Å². The molecule has 1 aromatic carbocycles. The Labute approximate surface area is 74.0 Å². The summed E-state index contributed by atoms with van der Waals surface area (Å²) in [6, 6.07) is 4.63. The summed E-state index contributed by atoms with van der Waals surface area (Å²) in [5.74, 6) is -0.201. The molecule has 0 saturated carbocycles. The number of hydrogen-bond donors (Lipinski definition) is 1. The molecule has 1 rings (SSSR count). The SMILES string of the molecule is CO.Cc1ccc(F)cc1Br. The predicted octanol–water partition coefficient (Wildman–Crippen LogP) is 2.51. The van der Waals surface area contributed by atoms with Gasteiger partial charge in [0.1, 0.15) is 5.82 Å². The highest BCUT2D eigenvalue weighted by Gasteiger charge is 1.93. The molecule has 0 atom stereocenters. The number of aliphatic hydroxyl groups excluding tert-OH is 1. The van der Waals surface area contributed by atoms with E-state index in [-0.39, 0.29) is 5.82 Å². The standard InChI is InChI=1S/C7H6BrF.CH4O/c1-5-2-3-6(9)4-7(5)8;1-2/h2-4H,1H3;2H,1H3. The van der Waals surface area contributed by atoms with Crippen molar-refractivity contribution in [2.24, 2.45) is 0 Å². The van der Waals surface area contributed by atoms with E-state index in [4.69, 9.17) is 5.11 Å². The highest BCUT2D eigenvalue weighted by atomic mass is 79.9. The summed E-state index contributed by atoms with van der Waals surface area (Å²) in [6.45, 7) is 1.92. The molecular weight excluding hydrogens is 211 g/mol. The minimum absolute atomic E-state index is 0.201. The maximum atomic E-state index is 12.3. The Kier molecular flexibility index (Phi) is 5.07. The molecule has 0 radical (unpaired) electrons. The monoisotopic (exact) mass is 220 g/mol. The van der Waals surface area contributed by atoms with Gasteiger partial charge in [-0.2, -0.15) is 0 Å². The van der Waals surface area contributed by atoms with Crippen LogP contribution in [-0.4, -0.2) is 12.2 Å². The van der Waals surface area contributed by atoms with Gasteiger partial charge in [-0.05, 0) is 24.6 Å². The molecule has 0 spiro atoms. The van der Waals surface area contributed by atoms with Crippen LogP contribution in [0.15, 0.2) is 22.7 Å². The maximum Gasteiger partial charge on any atom is 0.124 e. The Morgan fingerprint density at radius 2 is 1.91 bits per heavy atom. The van der Waals surface area contributed by atoms with Crippen molar-refractivity contribution in [3.05, 3.63) is 34.1 Å². The second-order valence-corrected chi connectivity index (χ2v) is 2.75. The van der Waals surface area contributed by atoms with Gasteiger partial charge in [0.25, 0.3) is 0 Å². The minimum atomic E-state index is -0.201. The average molecular weight is 221 g/mol. The predicted molar refractivity (Wildman–Crippen MR) is 47.0 cm³/mol. The lowest BCUT2D eigenvalue weighted by Crippen LogP contribution is -1.76. The van der Waals surface area contributed by atoms with Gasteiger partial charge in [-0.3, -0.25) is 0 Å². The van der Waals surface area contributed by atoms with Gasteiger partial charge >= 0.3 is 0 Å². The maximum absolute atomic E-state index is 12.3. The van der Waals surface area contributed by atoms with E-state index in [1.807, 2.05) is 6.92 Å². The third kappa shape index (κ3) is 3.49. The summed E-state index contributed by atoms with van der Waals surface area (Å²) in [4.78, 5) is 0. The fourth-order valence-corrected chi connectivity index (χ4v) is 0.918. The Bertz CT molecular complexity index is 225. The van der Waals surface area contributed by atoms with Gasteiger partial charge in [0, 0.05) is 11.6 Å². The Morgan fingerprint density at radius 3 is 2.27 bits per heavy atom. The molecule has 11 heavy (non-hydrogen) atoms. The molecule has 62 valence electrons. The van der Waals surface area contributed by atoms with E-state index in [9.17, 15) is 4.39 Å². The average Bonchev–Trinajstić information content (AvgIpc) is 2.02. The molecule has 0 saturated heterocycles. The molecular formula is C8H10BrFO. The quantitative estimate of drug-likeness (QED) is 0.713. The first-order valence-electron chi connectivity index (χ1n) is 3.06. The van der Waals surface area contributed by atoms with Gasteiger partial charge in [-0.25, -0.2) is 4.39 Å². The van der Waals surface area contributed by atoms with Crippen molar-refractivity contribution >= 4 is 15.9 Å². The summed E-state index contributed by atoms with van der Waals surface area (Å²) in [7, 11) is 1.00. The highest BCUT2D eigenvalue weighted by molar-refractivity contribution is 9.10. The lowest BCUT2D eigenvalue weighted by molar-refractivity contribution is 0.399. The fourth-order valence-electron chi connectivity index (χ4n) is 0.567. The topological polar surface area (TPSA) is 20.2 Å². The van der Waals surface area contributed by atoms with Crippen LogP contribution in [0.4, 0.5) is 4.39 Å². The molecule has 1 aromatic rings. The summed E-state index contributed by atoms with van der Waals surface area (Å²) < 4.78 is 13.1. The summed E-state index contributed by atoms with van der Waals surface area (Å²) in [6.07, 6.45) is 0. The van der Waals surface area contributed by atoms with Crippen molar-refractivity contribution in [1.82, 2.24) is 0 Å². The van der Waals surface area contributed by atoms with Gasteiger partial charge < -0.3 is 5.11 Å². The highest BCUT2D eigenvalue weighted by Crippen LogP contribution is 2.15. The van der Waals surface area contributed by atoms with Crippen LogP contribution in [0, 0.1) is 12.7 Å². The third-order valence-electron chi connectivity index (χ3n) is 1.13. The lowest BCUT2D eigenvalue weighted by Gasteiger charge is -1.94. The van der Waals surface area contributed by atoms with E-state index in [0.717, 1.165) is 17.1 Å². The molecule has 0 aromatic heterocycles. The van der Waals surface area contributed by atoms with Gasteiger partial charge in [0.2, 0.25) is 0 Å². The number of hydrogen-bond acceptors (Lipinski definition) is 1. The van der Waals surface area contributed by atoms with Crippen molar-refractivity contribution in [2.75, 3.05) is 7.11 Å². The van der Waals surface area contributed by atoms with Crippen LogP contribution in [0.2, 0.25) is 0 Å². The molecule has 1 nitrogen and oxygen atoms in total. The van der Waals surface area contributed by atoms with E-state index < -0.39 is 0 Å². The molecule has 0 unspecified atom stereocenters. The van der Waals surface area contributed by atoms with Gasteiger partial charge in [0.15, 0.2) is 0 Å². The van der Waals surface area contributed by atoms with E-state index >= 15 is 0 Å².